The molecule has 5 heteroatoms. The van der Waals surface area contributed by atoms with Crippen molar-refractivity contribution >= 4 is 29.2 Å². The molecule has 1 atom stereocenters. The summed E-state index contributed by atoms with van der Waals surface area (Å²) in [6.45, 7) is -0.229. The fraction of sp³-hybridized carbons (Fsp3) is 0.800. The Morgan fingerprint density at radius 3 is 2.60 bits per heavy atom. The molecule has 0 aliphatic carbocycles. The van der Waals surface area contributed by atoms with Gasteiger partial charge in [0.2, 0.25) is 4.33 Å². The van der Waals surface area contributed by atoms with Crippen molar-refractivity contribution in [3.8, 4) is 0 Å². The highest BCUT2D eigenvalue weighted by atomic mass is 35.5. The number of aliphatic hydroxyl groups excluding tert-OH is 1. The average molecular weight is 185 g/mol. The van der Waals surface area contributed by atoms with Crippen molar-refractivity contribution in [1.29, 1.82) is 0 Å². The third kappa shape index (κ3) is 1.36. The van der Waals surface area contributed by atoms with E-state index in [-0.39, 0.29) is 13.0 Å². The minimum absolute atomic E-state index is 0.158. The Morgan fingerprint density at radius 1 is 1.80 bits per heavy atom. The molecule has 0 aromatic rings. The quantitative estimate of drug-likeness (QED) is 0.477. The fourth-order valence-corrected chi connectivity index (χ4v) is 1.18. The molecule has 1 fully saturated rings. The molecule has 58 valence electrons. The number of aliphatic hydroxyl groups is 1. The Balaban J connectivity index is 2.62. The summed E-state index contributed by atoms with van der Waals surface area (Å²) in [4.78, 5) is 10.7. The molecule has 1 heterocycles. The first-order valence-corrected chi connectivity index (χ1v) is 3.51. The lowest BCUT2D eigenvalue weighted by molar-refractivity contribution is -0.143. The van der Waals surface area contributed by atoms with Gasteiger partial charge in [0.05, 0.1) is 6.61 Å². The highest BCUT2D eigenvalue weighted by Gasteiger charge is 2.46. The van der Waals surface area contributed by atoms with Gasteiger partial charge in [-0.2, -0.15) is 0 Å². The molecule has 1 N–H and O–H groups in total. The van der Waals surface area contributed by atoms with Crippen molar-refractivity contribution in [3.05, 3.63) is 0 Å². The second kappa shape index (κ2) is 2.57. The van der Waals surface area contributed by atoms with E-state index in [1.54, 1.807) is 0 Å². The molecule has 0 bridgehead atoms. The van der Waals surface area contributed by atoms with E-state index < -0.39 is 16.4 Å². The number of alkyl halides is 2. The monoisotopic (exact) mass is 184 g/mol. The van der Waals surface area contributed by atoms with Crippen molar-refractivity contribution in [2.75, 3.05) is 6.61 Å². The predicted octanol–water partition coefficient (Wildman–Crippen LogP) is 0.468. The van der Waals surface area contributed by atoms with Gasteiger partial charge in [-0.15, -0.1) is 0 Å². The second-order valence-corrected chi connectivity index (χ2v) is 3.60. The van der Waals surface area contributed by atoms with E-state index in [2.05, 4.69) is 4.74 Å². The van der Waals surface area contributed by atoms with E-state index in [1.165, 1.54) is 0 Å². The zero-order chi connectivity index (χ0) is 7.78. The molecule has 0 spiro atoms. The number of ether oxygens (including phenoxy) is 1. The number of rotatable bonds is 1. The zero-order valence-electron chi connectivity index (χ0n) is 5.01. The molecule has 0 saturated carbocycles. The van der Waals surface area contributed by atoms with E-state index in [4.69, 9.17) is 28.3 Å². The van der Waals surface area contributed by atoms with Crippen molar-refractivity contribution in [2.45, 2.75) is 16.9 Å². The Labute approximate surface area is 67.9 Å². The maximum absolute atomic E-state index is 10.7. The lowest BCUT2D eigenvalue weighted by atomic mass is 10.2. The van der Waals surface area contributed by atoms with Gasteiger partial charge in [0.25, 0.3) is 0 Å². The minimum atomic E-state index is -1.45. The fourth-order valence-electron chi connectivity index (χ4n) is 0.750. The summed E-state index contributed by atoms with van der Waals surface area (Å²) < 4.78 is 3.12. The lowest BCUT2D eigenvalue weighted by Gasteiger charge is -2.02. The number of carbonyl (C=O) groups excluding carboxylic acids is 1. The Kier molecular flexibility index (Phi) is 2.08. The normalized spacial score (nSPS) is 30.3. The first-order chi connectivity index (χ1) is 4.56. The van der Waals surface area contributed by atoms with Gasteiger partial charge in [0, 0.05) is 6.42 Å². The van der Waals surface area contributed by atoms with Crippen LogP contribution in [0.4, 0.5) is 0 Å². The number of hydrogen-bond acceptors (Lipinski definition) is 3. The van der Waals surface area contributed by atoms with Crippen molar-refractivity contribution in [1.82, 2.24) is 0 Å². The van der Waals surface area contributed by atoms with Crippen LogP contribution in [0.5, 0.6) is 0 Å². The molecule has 0 unspecified atom stereocenters. The predicted molar refractivity (Wildman–Crippen MR) is 36.0 cm³/mol. The minimum Gasteiger partial charge on any atom is -0.458 e. The summed E-state index contributed by atoms with van der Waals surface area (Å²) in [6, 6.07) is 0. The lowest BCUT2D eigenvalue weighted by Crippen LogP contribution is -2.18. The number of halogens is 2. The number of hydrogen-bond donors (Lipinski definition) is 1. The highest BCUT2D eigenvalue weighted by Crippen LogP contribution is 2.35. The van der Waals surface area contributed by atoms with E-state index in [0.717, 1.165) is 0 Å². The molecule has 1 rings (SSSR count). The molecule has 0 radical (unpaired) electrons. The van der Waals surface area contributed by atoms with Gasteiger partial charge in [-0.3, -0.25) is 0 Å². The molecule has 0 aromatic carbocycles. The Morgan fingerprint density at radius 2 is 2.40 bits per heavy atom. The van der Waals surface area contributed by atoms with Gasteiger partial charge in [-0.1, -0.05) is 23.2 Å². The molecule has 1 aliphatic heterocycles. The summed E-state index contributed by atoms with van der Waals surface area (Å²) in [5.41, 5.74) is 0. The maximum atomic E-state index is 10.7. The summed E-state index contributed by atoms with van der Waals surface area (Å²) in [7, 11) is 0. The van der Waals surface area contributed by atoms with Crippen LogP contribution in [0.2, 0.25) is 0 Å². The molecule has 1 saturated heterocycles. The van der Waals surface area contributed by atoms with Crippen molar-refractivity contribution in [2.24, 2.45) is 0 Å². The van der Waals surface area contributed by atoms with E-state index in [0.29, 0.717) is 0 Å². The third-order valence-electron chi connectivity index (χ3n) is 1.26. The number of cyclic esters (lactones) is 1. The zero-order valence-corrected chi connectivity index (χ0v) is 6.52. The molecular formula is C5H6Cl2O3. The van der Waals surface area contributed by atoms with Gasteiger partial charge in [0.15, 0.2) is 0 Å². The summed E-state index contributed by atoms with van der Waals surface area (Å²) in [5, 5.41) is 8.52. The van der Waals surface area contributed by atoms with Crippen LogP contribution >= 0.6 is 23.2 Å². The molecule has 0 amide bonds. The molecule has 0 aromatic heterocycles. The van der Waals surface area contributed by atoms with Crippen molar-refractivity contribution < 1.29 is 14.6 Å². The largest absolute Gasteiger partial charge is 0.458 e. The number of esters is 1. The van der Waals surface area contributed by atoms with Crippen molar-refractivity contribution in [3.63, 3.8) is 0 Å². The SMILES string of the molecule is O=C1O[C@H](CO)CC1(Cl)Cl. The standard InChI is InChI=1S/C5H6Cl2O3/c6-5(7)1-3(2-8)10-4(5)9/h3,8H,1-2H2/t3-/m0/s1. The van der Waals surface area contributed by atoms with Crippen LogP contribution in [0.25, 0.3) is 0 Å². The van der Waals surface area contributed by atoms with Gasteiger partial charge in [-0.25, -0.2) is 4.79 Å². The van der Waals surface area contributed by atoms with Crippen LogP contribution in [-0.4, -0.2) is 28.1 Å². The smallest absolute Gasteiger partial charge is 0.343 e. The second-order valence-electron chi connectivity index (χ2n) is 2.12. The van der Waals surface area contributed by atoms with E-state index in [1.807, 2.05) is 0 Å². The van der Waals surface area contributed by atoms with Crippen LogP contribution in [0, 0.1) is 0 Å². The Bertz CT molecular complexity index is 157. The van der Waals surface area contributed by atoms with Gasteiger partial charge >= 0.3 is 5.97 Å². The molecule has 1 aliphatic rings. The molecule has 10 heavy (non-hydrogen) atoms. The Hall–Kier alpha value is 0.01000. The highest BCUT2D eigenvalue weighted by molar-refractivity contribution is 6.57. The van der Waals surface area contributed by atoms with Crippen LogP contribution in [0.15, 0.2) is 0 Å². The molecular weight excluding hydrogens is 179 g/mol. The van der Waals surface area contributed by atoms with Crippen LogP contribution in [0.3, 0.4) is 0 Å². The topological polar surface area (TPSA) is 46.5 Å². The molecule has 3 nitrogen and oxygen atoms in total. The van der Waals surface area contributed by atoms with Crippen LogP contribution in [-0.2, 0) is 9.53 Å². The summed E-state index contributed by atoms with van der Waals surface area (Å²) in [6.07, 6.45) is -0.381. The first-order valence-electron chi connectivity index (χ1n) is 2.76. The van der Waals surface area contributed by atoms with Gasteiger partial charge in [-0.05, 0) is 0 Å². The maximum Gasteiger partial charge on any atom is 0.343 e. The van der Waals surface area contributed by atoms with Crippen LogP contribution in [0.1, 0.15) is 6.42 Å². The van der Waals surface area contributed by atoms with E-state index >= 15 is 0 Å². The first kappa shape index (κ1) is 8.11. The van der Waals surface area contributed by atoms with Gasteiger partial charge < -0.3 is 9.84 Å². The van der Waals surface area contributed by atoms with Crippen LogP contribution < -0.4 is 0 Å². The summed E-state index contributed by atoms with van der Waals surface area (Å²) in [5.74, 6) is -0.671. The number of carbonyl (C=O) groups is 1. The third-order valence-corrected chi connectivity index (χ3v) is 1.88. The van der Waals surface area contributed by atoms with Gasteiger partial charge in [0.1, 0.15) is 6.10 Å². The average Bonchev–Trinajstić information content (AvgIpc) is 2.08. The van der Waals surface area contributed by atoms with E-state index in [9.17, 15) is 4.79 Å². The summed E-state index contributed by atoms with van der Waals surface area (Å²) >= 11 is 10.9.